The summed E-state index contributed by atoms with van der Waals surface area (Å²) in [6, 6.07) is 2.10. The fourth-order valence-corrected chi connectivity index (χ4v) is 2.14. The molecule has 0 unspecified atom stereocenters. The molecule has 0 amide bonds. The van der Waals surface area contributed by atoms with E-state index in [2.05, 4.69) is 20.9 Å². The normalized spacial score (nSPS) is 10.7. The Morgan fingerprint density at radius 3 is 2.75 bits per heavy atom. The predicted octanol–water partition coefficient (Wildman–Crippen LogP) is 3.70. The fourth-order valence-electron chi connectivity index (χ4n) is 1.40. The summed E-state index contributed by atoms with van der Waals surface area (Å²) in [5, 5.41) is 10.8. The van der Waals surface area contributed by atoms with Crippen molar-refractivity contribution in [3.8, 4) is 0 Å². The lowest BCUT2D eigenvalue weighted by atomic mass is 10.1. The molecule has 1 heterocycles. The van der Waals surface area contributed by atoms with Crippen LogP contribution >= 0.6 is 27.5 Å². The molecule has 0 aliphatic heterocycles. The molecular formula is C9H3BrClFN2O2. The smallest absolute Gasteiger partial charge is 0.258 e. The van der Waals surface area contributed by atoms with Crippen molar-refractivity contribution in [1.82, 2.24) is 4.98 Å². The van der Waals surface area contributed by atoms with Gasteiger partial charge in [0.15, 0.2) is 0 Å². The van der Waals surface area contributed by atoms with Gasteiger partial charge in [0.2, 0.25) is 0 Å². The Balaban J connectivity index is 3.03. The maximum atomic E-state index is 13.5. The number of nitrogens with zero attached hydrogens (tertiary/aromatic N) is 2. The molecule has 2 aromatic rings. The van der Waals surface area contributed by atoms with Crippen LogP contribution in [-0.2, 0) is 0 Å². The molecule has 2 rings (SSSR count). The number of hydrogen-bond donors (Lipinski definition) is 0. The molecule has 0 bridgehead atoms. The summed E-state index contributed by atoms with van der Waals surface area (Å²) < 4.78 is 13.8. The van der Waals surface area contributed by atoms with Crippen LogP contribution in [0.25, 0.3) is 10.8 Å². The van der Waals surface area contributed by atoms with Crippen LogP contribution in [0.5, 0.6) is 0 Å². The first kappa shape index (κ1) is 11.2. The number of nitro groups is 1. The van der Waals surface area contributed by atoms with E-state index in [0.717, 1.165) is 12.1 Å². The maximum absolute atomic E-state index is 13.5. The molecule has 4 nitrogen and oxygen atoms in total. The quantitative estimate of drug-likeness (QED) is 0.458. The maximum Gasteiger partial charge on any atom is 0.278 e. The van der Waals surface area contributed by atoms with Gasteiger partial charge in [0, 0.05) is 12.3 Å². The van der Waals surface area contributed by atoms with Gasteiger partial charge in [0.25, 0.3) is 5.69 Å². The van der Waals surface area contributed by atoms with Gasteiger partial charge in [-0.2, -0.15) is 0 Å². The van der Waals surface area contributed by atoms with Crippen molar-refractivity contribution in [2.24, 2.45) is 0 Å². The van der Waals surface area contributed by atoms with Crippen molar-refractivity contribution >= 4 is 44.0 Å². The van der Waals surface area contributed by atoms with Gasteiger partial charge in [-0.25, -0.2) is 9.37 Å². The van der Waals surface area contributed by atoms with Crippen LogP contribution in [0.4, 0.5) is 10.1 Å². The zero-order valence-corrected chi connectivity index (χ0v) is 9.92. The molecule has 7 heteroatoms. The lowest BCUT2D eigenvalue weighted by Crippen LogP contribution is -1.93. The van der Waals surface area contributed by atoms with Crippen molar-refractivity contribution in [3.05, 3.63) is 43.9 Å². The van der Waals surface area contributed by atoms with Crippen LogP contribution < -0.4 is 0 Å². The summed E-state index contributed by atoms with van der Waals surface area (Å²) in [6.07, 6.45) is 1.30. The highest BCUT2D eigenvalue weighted by Crippen LogP contribution is 2.36. The van der Waals surface area contributed by atoms with E-state index in [9.17, 15) is 14.5 Å². The molecule has 1 aromatic heterocycles. The van der Waals surface area contributed by atoms with E-state index < -0.39 is 10.7 Å². The summed E-state index contributed by atoms with van der Waals surface area (Å²) in [5.74, 6) is -0.639. The molecule has 16 heavy (non-hydrogen) atoms. The van der Waals surface area contributed by atoms with E-state index in [4.69, 9.17) is 11.6 Å². The highest BCUT2D eigenvalue weighted by atomic mass is 79.9. The minimum atomic E-state index is -0.639. The summed E-state index contributed by atoms with van der Waals surface area (Å²) in [7, 11) is 0. The average Bonchev–Trinajstić information content (AvgIpc) is 2.23. The third-order valence-corrected chi connectivity index (χ3v) is 2.95. The van der Waals surface area contributed by atoms with Crippen LogP contribution in [0.3, 0.4) is 0 Å². The van der Waals surface area contributed by atoms with Crippen LogP contribution in [0.1, 0.15) is 0 Å². The zero-order chi connectivity index (χ0) is 11.9. The summed E-state index contributed by atoms with van der Waals surface area (Å²) in [6.45, 7) is 0. The molecule has 0 atom stereocenters. The Labute approximate surface area is 102 Å². The molecule has 0 fully saturated rings. The molecule has 0 spiro atoms. The molecule has 0 saturated carbocycles. The molecular weight excluding hydrogens is 302 g/mol. The number of aromatic nitrogens is 1. The molecule has 0 saturated heterocycles. The number of pyridine rings is 1. The van der Waals surface area contributed by atoms with E-state index in [1.165, 1.54) is 6.20 Å². The molecule has 0 aliphatic carbocycles. The van der Waals surface area contributed by atoms with E-state index in [1.54, 1.807) is 0 Å². The molecule has 0 radical (unpaired) electrons. The van der Waals surface area contributed by atoms with Gasteiger partial charge in [0.05, 0.1) is 20.2 Å². The second-order valence-corrected chi connectivity index (χ2v) is 4.18. The van der Waals surface area contributed by atoms with Gasteiger partial charge >= 0.3 is 0 Å². The van der Waals surface area contributed by atoms with E-state index >= 15 is 0 Å². The topological polar surface area (TPSA) is 56.0 Å². The Bertz CT molecular complexity index is 597. The molecule has 0 aliphatic rings. The minimum absolute atomic E-state index is 0.0507. The van der Waals surface area contributed by atoms with E-state index in [0.29, 0.717) is 4.47 Å². The number of hydrogen-bond acceptors (Lipinski definition) is 3. The standard InChI is InChI=1S/C9H3BrClFN2O2/c10-4-3-13-9(11)8-5(12)1-2-6(7(4)8)14(15)16/h1-3H. The van der Waals surface area contributed by atoms with E-state index in [1.807, 2.05) is 0 Å². The monoisotopic (exact) mass is 304 g/mol. The number of halogens is 3. The lowest BCUT2D eigenvalue weighted by molar-refractivity contribution is -0.383. The second-order valence-electron chi connectivity index (χ2n) is 2.97. The third-order valence-electron chi connectivity index (χ3n) is 2.07. The summed E-state index contributed by atoms with van der Waals surface area (Å²) in [4.78, 5) is 13.9. The zero-order valence-electron chi connectivity index (χ0n) is 7.58. The van der Waals surface area contributed by atoms with Gasteiger partial charge < -0.3 is 0 Å². The SMILES string of the molecule is O=[N+]([O-])c1ccc(F)c2c(Cl)ncc(Br)c12. The second kappa shape index (κ2) is 3.95. The predicted molar refractivity (Wildman–Crippen MR) is 61.1 cm³/mol. The van der Waals surface area contributed by atoms with Crippen LogP contribution in [0.15, 0.2) is 22.8 Å². The molecule has 1 aromatic carbocycles. The van der Waals surface area contributed by atoms with Gasteiger partial charge in [-0.3, -0.25) is 10.1 Å². The number of non-ortho nitro benzene ring substituents is 1. The third kappa shape index (κ3) is 1.64. The molecule has 0 N–H and O–H groups in total. The lowest BCUT2D eigenvalue weighted by Gasteiger charge is -2.04. The van der Waals surface area contributed by atoms with Crippen LogP contribution in [0.2, 0.25) is 5.15 Å². The van der Waals surface area contributed by atoms with Crippen molar-refractivity contribution in [2.75, 3.05) is 0 Å². The average molecular weight is 305 g/mol. The van der Waals surface area contributed by atoms with Gasteiger partial charge in [-0.1, -0.05) is 11.6 Å². The Hall–Kier alpha value is -1.27. The van der Waals surface area contributed by atoms with E-state index in [-0.39, 0.29) is 21.6 Å². The summed E-state index contributed by atoms with van der Waals surface area (Å²) in [5.41, 5.74) is -0.215. The fraction of sp³-hybridized carbons (Fsp3) is 0. The number of fused-ring (bicyclic) bond motifs is 1. The Morgan fingerprint density at radius 1 is 1.44 bits per heavy atom. The Kier molecular flexibility index (Phi) is 2.77. The largest absolute Gasteiger partial charge is 0.278 e. The first-order valence-electron chi connectivity index (χ1n) is 4.09. The van der Waals surface area contributed by atoms with Crippen LogP contribution in [-0.4, -0.2) is 9.91 Å². The minimum Gasteiger partial charge on any atom is -0.258 e. The van der Waals surface area contributed by atoms with Crippen molar-refractivity contribution in [2.45, 2.75) is 0 Å². The van der Waals surface area contributed by atoms with Gasteiger partial charge in [0.1, 0.15) is 11.0 Å². The van der Waals surface area contributed by atoms with Crippen molar-refractivity contribution in [1.29, 1.82) is 0 Å². The van der Waals surface area contributed by atoms with Gasteiger partial charge in [-0.05, 0) is 22.0 Å². The Morgan fingerprint density at radius 2 is 2.12 bits per heavy atom. The first-order valence-corrected chi connectivity index (χ1v) is 5.26. The van der Waals surface area contributed by atoms with Crippen molar-refractivity contribution < 1.29 is 9.31 Å². The summed E-state index contributed by atoms with van der Waals surface area (Å²) >= 11 is 8.81. The number of nitro benzene ring substituents is 1. The van der Waals surface area contributed by atoms with Crippen molar-refractivity contribution in [3.63, 3.8) is 0 Å². The van der Waals surface area contributed by atoms with Crippen LogP contribution in [0, 0.1) is 15.9 Å². The number of benzene rings is 1. The number of rotatable bonds is 1. The highest BCUT2D eigenvalue weighted by molar-refractivity contribution is 9.10. The first-order chi connectivity index (χ1) is 7.52. The van der Waals surface area contributed by atoms with Gasteiger partial charge in [-0.15, -0.1) is 0 Å². The highest BCUT2D eigenvalue weighted by Gasteiger charge is 2.19. The molecule has 82 valence electrons.